The summed E-state index contributed by atoms with van der Waals surface area (Å²) in [7, 11) is 9.84. The summed E-state index contributed by atoms with van der Waals surface area (Å²) in [5, 5.41) is 26.5. The first-order valence-electron chi connectivity index (χ1n) is 37.1. The molecule has 0 bridgehead atoms. The highest BCUT2D eigenvalue weighted by atomic mass is 16.5. The molecular formula is C74H134N12O16. The molecule has 0 saturated carbocycles. The number of carbonyl (C=O) groups is 13. The lowest BCUT2D eigenvalue weighted by Gasteiger charge is -2.41. The number of aliphatic hydroxyl groups is 1. The minimum absolute atomic E-state index is 0.0474. The van der Waals surface area contributed by atoms with Crippen molar-refractivity contribution >= 4 is 76.9 Å². The monoisotopic (exact) mass is 1450 g/mol. The SMILES string of the molecule is CC[C@H]1NC(=O)[C@H]([C@H](O)[C@H](C)CCCCCCNC(C)=O)N(C)C(=O)[C@@H](C(C)C)N(C)C(=O)[C@@H](CC(C)C)N(C)C(=O)[C@H](CC(C)C)N(C)C(=O)[C@H](C)NC(=O)[C@@H](C)NC(=O)[C@@H](CCC(C)C)N(C)C(=O)[C@@H](C(C)C)NC(=O)[C@H](CC(C)C)N(C)C(=O)[C@@H](COCCCCOC(C)=O)N(C)C1=O. The van der Waals surface area contributed by atoms with E-state index in [0.29, 0.717) is 51.5 Å². The van der Waals surface area contributed by atoms with Gasteiger partial charge in [-0.1, -0.05) is 116 Å². The van der Waals surface area contributed by atoms with Crippen molar-refractivity contribution in [1.29, 1.82) is 0 Å². The molecule has 13 atom stereocenters. The Morgan fingerprint density at radius 2 is 0.912 bits per heavy atom. The van der Waals surface area contributed by atoms with Gasteiger partial charge in [0.1, 0.15) is 66.5 Å². The standard InChI is InChI=1S/C74H134N12O16/c1-26-54-69(95)84(23)59(42-101-37-31-32-38-102-53(18)88)72(98)81(20)56(39-44(4)5)66(92)79-60(47(10)11)73(99)80(19)55(35-34-43(2)3)65(91)76-50(15)64(90)77-51(16)68(94)82(21)57(40-45(6)7)70(96)83(22)58(41-46(8)9)71(97)85(24)61(48(12)13)74(100)86(25)62(67(93)78-54)63(89)49(14)33-29-27-28-30-36-75-52(17)87/h43-51,54-63,89H,26-42H2,1-25H3,(H,75,87)(H,76,91)(H,77,90)(H,78,93)(H,79,92)/t49-,50-,51+,54-,55-,56+,57+,58-,59-,60-,61-,62+,63-/m1/s1. The number of nitrogens with zero attached hydrogens (tertiary/aromatic N) is 7. The lowest BCUT2D eigenvalue weighted by Crippen LogP contribution is -2.64. The van der Waals surface area contributed by atoms with Crippen molar-refractivity contribution in [1.82, 2.24) is 60.9 Å². The Balaban J connectivity index is 4.56. The number of nitrogens with one attached hydrogen (secondary N) is 5. The number of likely N-dealkylation sites (N-methyl/N-ethyl adjacent to an activating group) is 7. The van der Waals surface area contributed by atoms with E-state index in [4.69, 9.17) is 9.47 Å². The molecule has 1 aliphatic rings. The van der Waals surface area contributed by atoms with Crippen LogP contribution in [0, 0.1) is 41.4 Å². The number of rotatable bonds is 28. The predicted molar refractivity (Wildman–Crippen MR) is 391 cm³/mol. The van der Waals surface area contributed by atoms with Crippen molar-refractivity contribution in [2.75, 3.05) is 75.7 Å². The predicted octanol–water partition coefficient (Wildman–Crippen LogP) is 4.51. The summed E-state index contributed by atoms with van der Waals surface area (Å²) < 4.78 is 11.2. The van der Waals surface area contributed by atoms with E-state index in [1.165, 1.54) is 102 Å². The molecule has 0 aromatic carbocycles. The van der Waals surface area contributed by atoms with Gasteiger partial charge >= 0.3 is 5.97 Å². The maximum Gasteiger partial charge on any atom is 0.302 e. The third-order valence-electron chi connectivity index (χ3n) is 19.2. The third-order valence-corrected chi connectivity index (χ3v) is 19.2. The van der Waals surface area contributed by atoms with E-state index in [0.717, 1.165) is 16.2 Å². The molecule has 586 valence electrons. The fourth-order valence-electron chi connectivity index (χ4n) is 12.7. The molecule has 0 aliphatic carbocycles. The van der Waals surface area contributed by atoms with Gasteiger partial charge in [-0.05, 0) is 119 Å². The molecule has 0 spiro atoms. The Morgan fingerprint density at radius 1 is 0.451 bits per heavy atom. The lowest BCUT2D eigenvalue weighted by atomic mass is 9.90. The highest BCUT2D eigenvalue weighted by Crippen LogP contribution is 2.27. The van der Waals surface area contributed by atoms with Crippen LogP contribution in [0.15, 0.2) is 0 Å². The van der Waals surface area contributed by atoms with Crippen LogP contribution in [0.3, 0.4) is 0 Å². The molecule has 1 rings (SSSR count). The average molecular weight is 1450 g/mol. The van der Waals surface area contributed by atoms with Crippen molar-refractivity contribution in [3.8, 4) is 0 Å². The number of unbranched alkanes of at least 4 members (excludes halogenated alkanes) is 4. The zero-order valence-electron chi connectivity index (χ0n) is 66.7. The fourth-order valence-corrected chi connectivity index (χ4v) is 12.7. The van der Waals surface area contributed by atoms with Crippen LogP contribution < -0.4 is 26.6 Å². The Hall–Kier alpha value is -6.97. The maximum absolute atomic E-state index is 15.5. The molecule has 0 radical (unpaired) electrons. The zero-order chi connectivity index (χ0) is 78.5. The summed E-state index contributed by atoms with van der Waals surface area (Å²) >= 11 is 0. The lowest BCUT2D eigenvalue weighted by molar-refractivity contribution is -0.157. The Labute approximate surface area is 610 Å². The first-order valence-corrected chi connectivity index (χ1v) is 37.1. The zero-order valence-corrected chi connectivity index (χ0v) is 66.7. The first-order chi connectivity index (χ1) is 47.4. The van der Waals surface area contributed by atoms with Gasteiger partial charge < -0.3 is 75.5 Å². The van der Waals surface area contributed by atoms with Crippen molar-refractivity contribution in [2.45, 2.75) is 281 Å². The smallest absolute Gasteiger partial charge is 0.302 e. The van der Waals surface area contributed by atoms with Crippen molar-refractivity contribution in [3.63, 3.8) is 0 Å². The molecular weight excluding hydrogens is 1310 g/mol. The summed E-state index contributed by atoms with van der Waals surface area (Å²) in [6.07, 6.45) is 3.23. The van der Waals surface area contributed by atoms with Crippen LogP contribution in [0.2, 0.25) is 0 Å². The van der Waals surface area contributed by atoms with E-state index in [9.17, 15) is 33.9 Å². The molecule has 1 fully saturated rings. The van der Waals surface area contributed by atoms with Crippen LogP contribution >= 0.6 is 0 Å². The molecule has 0 aromatic rings. The second-order valence-corrected chi connectivity index (χ2v) is 30.7. The molecule has 12 amide bonds. The second-order valence-electron chi connectivity index (χ2n) is 30.7. The van der Waals surface area contributed by atoms with E-state index in [2.05, 4.69) is 26.6 Å². The number of ether oxygens (including phenoxy) is 2. The molecule has 28 nitrogen and oxygen atoms in total. The number of amides is 12. The fraction of sp³-hybridized carbons (Fsp3) is 0.824. The number of aliphatic hydroxyl groups excluding tert-OH is 1. The minimum atomic E-state index is -1.70. The third kappa shape index (κ3) is 29.3. The summed E-state index contributed by atoms with van der Waals surface area (Å²) in [5.41, 5.74) is 0. The molecule has 1 heterocycles. The number of hydrogen-bond acceptors (Lipinski definition) is 16. The van der Waals surface area contributed by atoms with Gasteiger partial charge in [-0.3, -0.25) is 62.3 Å². The van der Waals surface area contributed by atoms with Crippen LogP contribution in [0.5, 0.6) is 0 Å². The highest BCUT2D eigenvalue weighted by Gasteiger charge is 2.46. The Morgan fingerprint density at radius 3 is 1.42 bits per heavy atom. The van der Waals surface area contributed by atoms with Gasteiger partial charge in [0, 0.05) is 76.3 Å². The second kappa shape index (κ2) is 45.3. The van der Waals surface area contributed by atoms with E-state index in [-0.39, 0.29) is 74.9 Å². The summed E-state index contributed by atoms with van der Waals surface area (Å²) in [5.74, 6) is -11.0. The van der Waals surface area contributed by atoms with Gasteiger partial charge in [0.2, 0.25) is 70.9 Å². The molecule has 1 aliphatic heterocycles. The summed E-state index contributed by atoms with van der Waals surface area (Å²) in [4.78, 5) is 197. The van der Waals surface area contributed by atoms with Gasteiger partial charge in [-0.15, -0.1) is 0 Å². The van der Waals surface area contributed by atoms with Gasteiger partial charge in [0.25, 0.3) is 0 Å². The van der Waals surface area contributed by atoms with Crippen LogP contribution in [-0.4, -0.2) is 265 Å². The molecule has 0 unspecified atom stereocenters. The normalized spacial score (nSPS) is 24.9. The van der Waals surface area contributed by atoms with E-state index in [1.807, 2.05) is 55.4 Å². The van der Waals surface area contributed by atoms with Crippen LogP contribution in [0.4, 0.5) is 0 Å². The van der Waals surface area contributed by atoms with E-state index < -0.39 is 168 Å². The van der Waals surface area contributed by atoms with E-state index >= 15 is 33.6 Å². The topological polar surface area (TPSA) is 343 Å². The number of esters is 1. The maximum atomic E-state index is 15.5. The molecule has 0 aromatic heterocycles. The van der Waals surface area contributed by atoms with Crippen LogP contribution in [0.1, 0.15) is 208 Å². The molecule has 1 saturated heterocycles. The quantitative estimate of drug-likeness (QED) is 0.0464. The summed E-state index contributed by atoms with van der Waals surface area (Å²) in [6.45, 7) is 31.1. The minimum Gasteiger partial charge on any atom is -0.466 e. The molecule has 6 N–H and O–H groups in total. The Kier molecular flexibility index (Phi) is 41.3. The molecule has 102 heavy (non-hydrogen) atoms. The van der Waals surface area contributed by atoms with Crippen molar-refractivity contribution in [2.24, 2.45) is 41.4 Å². The van der Waals surface area contributed by atoms with Gasteiger partial charge in [-0.25, -0.2) is 0 Å². The summed E-state index contributed by atoms with van der Waals surface area (Å²) in [6, 6.07) is -14.5. The van der Waals surface area contributed by atoms with Crippen molar-refractivity contribution in [3.05, 3.63) is 0 Å². The van der Waals surface area contributed by atoms with Crippen LogP contribution in [-0.2, 0) is 71.8 Å². The average Bonchev–Trinajstić information content (AvgIpc) is 0.804. The highest BCUT2D eigenvalue weighted by molar-refractivity contribution is 6.00. The van der Waals surface area contributed by atoms with E-state index in [1.54, 1.807) is 41.5 Å². The number of hydrogen-bond donors (Lipinski definition) is 6. The van der Waals surface area contributed by atoms with Crippen molar-refractivity contribution < 1.29 is 76.9 Å². The van der Waals surface area contributed by atoms with Gasteiger partial charge in [0.05, 0.1) is 19.3 Å². The largest absolute Gasteiger partial charge is 0.466 e. The first kappa shape index (κ1) is 93.0. The number of carbonyl (C=O) groups excluding carboxylic acids is 13. The van der Waals surface area contributed by atoms with Gasteiger partial charge in [0.15, 0.2) is 0 Å². The van der Waals surface area contributed by atoms with Gasteiger partial charge in [-0.2, -0.15) is 0 Å². The molecule has 28 heteroatoms. The Bertz CT molecular complexity index is 2750. The van der Waals surface area contributed by atoms with Crippen LogP contribution in [0.25, 0.3) is 0 Å².